The van der Waals surface area contributed by atoms with E-state index in [1.165, 1.54) is 11.1 Å². The van der Waals surface area contributed by atoms with Gasteiger partial charge in [-0.05, 0) is 30.4 Å². The van der Waals surface area contributed by atoms with Crippen LogP contribution in [0.2, 0.25) is 0 Å². The summed E-state index contributed by atoms with van der Waals surface area (Å²) in [5.74, 6) is -0.591. The number of rotatable bonds is 10. The SMILES string of the molecule is O=C(O)CCCCCONC1=C(n2ccnc2)C(c2ccccc2)Cc2ccccc21. The zero-order valence-electron chi connectivity index (χ0n) is 17.4. The molecule has 0 saturated heterocycles. The largest absolute Gasteiger partial charge is 0.481 e. The molecule has 2 aromatic carbocycles. The van der Waals surface area contributed by atoms with Crippen LogP contribution in [-0.4, -0.2) is 27.2 Å². The minimum atomic E-state index is -0.750. The lowest BCUT2D eigenvalue weighted by molar-refractivity contribution is -0.137. The predicted octanol–water partition coefficient (Wildman–Crippen LogP) is 4.72. The third-order valence-electron chi connectivity index (χ3n) is 5.59. The second kappa shape index (κ2) is 10.1. The number of aliphatic carboxylic acids is 1. The zero-order valence-corrected chi connectivity index (χ0v) is 17.4. The van der Waals surface area contributed by atoms with Gasteiger partial charge in [-0.2, -0.15) is 0 Å². The smallest absolute Gasteiger partial charge is 0.303 e. The van der Waals surface area contributed by atoms with Crippen LogP contribution in [0, 0.1) is 0 Å². The molecule has 1 aliphatic carbocycles. The average Bonchev–Trinajstić information content (AvgIpc) is 3.32. The summed E-state index contributed by atoms with van der Waals surface area (Å²) in [4.78, 5) is 20.8. The molecule has 0 bridgehead atoms. The van der Waals surface area contributed by atoms with Gasteiger partial charge in [-0.1, -0.05) is 61.0 Å². The molecular weight excluding hydrogens is 390 g/mol. The number of fused-ring (bicyclic) bond motifs is 1. The summed E-state index contributed by atoms with van der Waals surface area (Å²) in [6, 6.07) is 18.9. The van der Waals surface area contributed by atoms with Gasteiger partial charge < -0.3 is 9.67 Å². The lowest BCUT2D eigenvalue weighted by Gasteiger charge is -2.31. The first-order valence-electron chi connectivity index (χ1n) is 10.7. The van der Waals surface area contributed by atoms with Crippen LogP contribution in [-0.2, 0) is 16.1 Å². The summed E-state index contributed by atoms with van der Waals surface area (Å²) in [6.45, 7) is 0.512. The highest BCUT2D eigenvalue weighted by atomic mass is 16.6. The second-order valence-corrected chi connectivity index (χ2v) is 7.71. The van der Waals surface area contributed by atoms with Gasteiger partial charge in [-0.3, -0.25) is 15.1 Å². The molecule has 6 heteroatoms. The highest BCUT2D eigenvalue weighted by Crippen LogP contribution is 2.41. The Kier molecular flexibility index (Phi) is 6.79. The number of aromatic nitrogens is 2. The van der Waals surface area contributed by atoms with E-state index in [-0.39, 0.29) is 12.3 Å². The van der Waals surface area contributed by atoms with Crippen molar-refractivity contribution in [3.05, 3.63) is 90.0 Å². The summed E-state index contributed by atoms with van der Waals surface area (Å²) in [5.41, 5.74) is 8.92. The number of allylic oxidation sites excluding steroid dienone is 1. The fraction of sp³-hybridized carbons (Fsp3) is 0.280. The number of hydrogen-bond acceptors (Lipinski definition) is 4. The average molecular weight is 418 g/mol. The Bertz CT molecular complexity index is 1030. The standard InChI is InChI=1S/C25H27N3O3/c29-23(30)13-5-2-8-16-31-27-24-21-12-7-6-11-20(21)17-22(19-9-3-1-4-10-19)25(24)28-15-14-26-18-28/h1,3-4,6-7,9-12,14-15,18,22,27H,2,5,8,13,16-17H2,(H,29,30). The van der Waals surface area contributed by atoms with Crippen molar-refractivity contribution in [3.63, 3.8) is 0 Å². The van der Waals surface area contributed by atoms with Crippen molar-refractivity contribution < 1.29 is 14.7 Å². The predicted molar refractivity (Wildman–Crippen MR) is 120 cm³/mol. The Morgan fingerprint density at radius 1 is 1.10 bits per heavy atom. The van der Waals surface area contributed by atoms with Gasteiger partial charge in [0.2, 0.25) is 0 Å². The number of imidazole rings is 1. The number of hydroxylamine groups is 1. The maximum atomic E-state index is 10.7. The van der Waals surface area contributed by atoms with Crippen LogP contribution in [0.1, 0.15) is 48.3 Å². The molecule has 6 nitrogen and oxygen atoms in total. The topological polar surface area (TPSA) is 76.4 Å². The number of carboxylic acid groups (broad SMARTS) is 1. The van der Waals surface area contributed by atoms with Crippen molar-refractivity contribution in [2.45, 2.75) is 38.0 Å². The summed E-state index contributed by atoms with van der Waals surface area (Å²) in [6.07, 6.45) is 8.97. The number of nitrogens with zero attached hydrogens (tertiary/aromatic N) is 2. The van der Waals surface area contributed by atoms with Gasteiger partial charge in [0.1, 0.15) is 0 Å². The van der Waals surface area contributed by atoms with Crippen LogP contribution in [0.25, 0.3) is 11.4 Å². The zero-order chi connectivity index (χ0) is 21.5. The number of carboxylic acids is 1. The molecule has 1 unspecified atom stereocenters. The number of benzene rings is 2. The van der Waals surface area contributed by atoms with E-state index in [4.69, 9.17) is 9.94 Å². The fourth-order valence-electron chi connectivity index (χ4n) is 4.10. The molecule has 0 radical (unpaired) electrons. The molecule has 1 heterocycles. The first-order valence-corrected chi connectivity index (χ1v) is 10.7. The molecule has 1 aliphatic rings. The van der Waals surface area contributed by atoms with Gasteiger partial charge in [0, 0.05) is 30.3 Å². The quantitative estimate of drug-likeness (QED) is 0.369. The monoisotopic (exact) mass is 417 g/mol. The maximum absolute atomic E-state index is 10.7. The van der Waals surface area contributed by atoms with Gasteiger partial charge in [0.05, 0.1) is 24.3 Å². The lowest BCUT2D eigenvalue weighted by atomic mass is 9.81. The Morgan fingerprint density at radius 3 is 2.68 bits per heavy atom. The molecular formula is C25H27N3O3. The molecule has 1 aromatic heterocycles. The van der Waals surface area contributed by atoms with Crippen molar-refractivity contribution in [1.29, 1.82) is 0 Å². The minimum absolute atomic E-state index is 0.159. The van der Waals surface area contributed by atoms with Gasteiger partial charge in [0.25, 0.3) is 0 Å². The van der Waals surface area contributed by atoms with E-state index < -0.39 is 5.97 Å². The van der Waals surface area contributed by atoms with Crippen LogP contribution in [0.3, 0.4) is 0 Å². The highest BCUT2D eigenvalue weighted by molar-refractivity contribution is 5.88. The van der Waals surface area contributed by atoms with Crippen molar-refractivity contribution in [3.8, 4) is 0 Å². The van der Waals surface area contributed by atoms with Crippen LogP contribution < -0.4 is 5.48 Å². The van der Waals surface area contributed by atoms with Gasteiger partial charge in [0.15, 0.2) is 0 Å². The van der Waals surface area contributed by atoms with E-state index in [1.807, 2.05) is 24.7 Å². The molecule has 0 saturated carbocycles. The van der Waals surface area contributed by atoms with E-state index in [1.54, 1.807) is 6.20 Å². The first-order chi connectivity index (χ1) is 15.2. The highest BCUT2D eigenvalue weighted by Gasteiger charge is 2.29. The third kappa shape index (κ3) is 5.03. The number of carbonyl (C=O) groups is 1. The molecule has 1 atom stereocenters. The van der Waals surface area contributed by atoms with Gasteiger partial charge in [-0.25, -0.2) is 4.98 Å². The molecule has 4 rings (SSSR count). The summed E-state index contributed by atoms with van der Waals surface area (Å²) < 4.78 is 2.06. The van der Waals surface area contributed by atoms with E-state index in [0.29, 0.717) is 13.0 Å². The number of nitrogens with one attached hydrogen (secondary N) is 1. The minimum Gasteiger partial charge on any atom is -0.481 e. The van der Waals surface area contributed by atoms with E-state index in [2.05, 4.69) is 57.5 Å². The van der Waals surface area contributed by atoms with Crippen LogP contribution in [0.5, 0.6) is 0 Å². The maximum Gasteiger partial charge on any atom is 0.303 e. The Morgan fingerprint density at radius 2 is 1.90 bits per heavy atom. The van der Waals surface area contributed by atoms with E-state index in [0.717, 1.165) is 36.2 Å². The Hall–Kier alpha value is -3.38. The molecule has 0 amide bonds. The first kappa shape index (κ1) is 20.9. The molecule has 0 spiro atoms. The summed E-state index contributed by atoms with van der Waals surface area (Å²) in [5, 5.41) is 8.76. The van der Waals surface area contributed by atoms with Crippen molar-refractivity contribution >= 4 is 17.4 Å². The van der Waals surface area contributed by atoms with Gasteiger partial charge >= 0.3 is 5.97 Å². The summed E-state index contributed by atoms with van der Waals surface area (Å²) in [7, 11) is 0. The van der Waals surface area contributed by atoms with Crippen LogP contribution in [0.15, 0.2) is 73.3 Å². The molecule has 31 heavy (non-hydrogen) atoms. The Balaban J connectivity index is 1.60. The third-order valence-corrected chi connectivity index (χ3v) is 5.59. The second-order valence-electron chi connectivity index (χ2n) is 7.71. The Labute approximate surface area is 182 Å². The molecule has 0 aliphatic heterocycles. The lowest BCUT2D eigenvalue weighted by Crippen LogP contribution is -2.25. The van der Waals surface area contributed by atoms with E-state index >= 15 is 0 Å². The number of hydrogen-bond donors (Lipinski definition) is 2. The van der Waals surface area contributed by atoms with Gasteiger partial charge in [-0.15, -0.1) is 0 Å². The van der Waals surface area contributed by atoms with E-state index in [9.17, 15) is 4.79 Å². The molecule has 3 aromatic rings. The normalized spacial score (nSPS) is 15.5. The fourth-order valence-corrected chi connectivity index (χ4v) is 4.10. The molecule has 160 valence electrons. The van der Waals surface area contributed by atoms with Crippen LogP contribution >= 0.6 is 0 Å². The van der Waals surface area contributed by atoms with Crippen molar-refractivity contribution in [2.75, 3.05) is 6.61 Å². The summed E-state index contributed by atoms with van der Waals surface area (Å²) >= 11 is 0. The van der Waals surface area contributed by atoms with Crippen molar-refractivity contribution in [2.24, 2.45) is 0 Å². The molecule has 2 N–H and O–H groups in total. The van der Waals surface area contributed by atoms with Crippen LogP contribution in [0.4, 0.5) is 0 Å². The van der Waals surface area contributed by atoms with Crippen molar-refractivity contribution in [1.82, 2.24) is 15.0 Å². The number of unbranched alkanes of at least 4 members (excludes halogenated alkanes) is 2. The molecule has 0 fully saturated rings.